The lowest BCUT2D eigenvalue weighted by Crippen LogP contribution is -2.21. The minimum atomic E-state index is -0.0686. The molecular formula is C18H28O2. The number of cyclic esters (lactones) is 1. The second kappa shape index (κ2) is 11.5. The normalized spacial score (nSPS) is 20.2. The molecule has 2 heteroatoms. The first-order valence-electron chi connectivity index (χ1n) is 8.00. The molecule has 1 aliphatic heterocycles. The fraction of sp³-hybridized carbons (Fsp3) is 0.611. The Morgan fingerprint density at radius 2 is 2.05 bits per heavy atom. The van der Waals surface area contributed by atoms with Crippen LogP contribution in [0.1, 0.15) is 64.7 Å². The van der Waals surface area contributed by atoms with Crippen molar-refractivity contribution in [1.29, 1.82) is 0 Å². The third-order valence-electron chi connectivity index (χ3n) is 3.39. The van der Waals surface area contributed by atoms with E-state index in [0.29, 0.717) is 6.42 Å². The lowest BCUT2D eigenvalue weighted by Gasteiger charge is -2.18. The quantitative estimate of drug-likeness (QED) is 0.253. The van der Waals surface area contributed by atoms with Crippen LogP contribution in [-0.2, 0) is 9.53 Å². The van der Waals surface area contributed by atoms with Crippen LogP contribution in [-0.4, -0.2) is 12.1 Å². The van der Waals surface area contributed by atoms with Gasteiger partial charge in [0.05, 0.1) is 0 Å². The van der Waals surface area contributed by atoms with Crippen LogP contribution >= 0.6 is 0 Å². The van der Waals surface area contributed by atoms with Crippen LogP contribution in [0.25, 0.3) is 0 Å². The molecule has 0 radical (unpaired) electrons. The third kappa shape index (κ3) is 8.73. The fourth-order valence-electron chi connectivity index (χ4n) is 2.20. The van der Waals surface area contributed by atoms with Crippen molar-refractivity contribution in [3.05, 3.63) is 36.5 Å². The van der Waals surface area contributed by atoms with Crippen molar-refractivity contribution in [2.45, 2.75) is 70.8 Å². The molecule has 0 saturated carbocycles. The van der Waals surface area contributed by atoms with Crippen molar-refractivity contribution in [3.8, 4) is 0 Å². The van der Waals surface area contributed by atoms with E-state index in [-0.39, 0.29) is 12.1 Å². The first-order chi connectivity index (χ1) is 9.83. The molecule has 1 rings (SSSR count). The molecule has 1 atom stereocenters. The molecule has 20 heavy (non-hydrogen) atoms. The van der Waals surface area contributed by atoms with E-state index in [0.717, 1.165) is 19.3 Å². The van der Waals surface area contributed by atoms with Gasteiger partial charge >= 0.3 is 5.97 Å². The maximum Gasteiger partial charge on any atom is 0.306 e. The average molecular weight is 276 g/mol. The van der Waals surface area contributed by atoms with E-state index in [1.165, 1.54) is 32.1 Å². The molecule has 0 bridgehead atoms. The molecular weight excluding hydrogens is 248 g/mol. The maximum atomic E-state index is 11.1. The Balaban J connectivity index is 2.03. The first-order valence-corrected chi connectivity index (χ1v) is 8.00. The Morgan fingerprint density at radius 3 is 2.85 bits per heavy atom. The van der Waals surface area contributed by atoms with Gasteiger partial charge in [0.1, 0.15) is 6.10 Å². The van der Waals surface area contributed by atoms with Crippen LogP contribution in [0.3, 0.4) is 0 Å². The zero-order valence-corrected chi connectivity index (χ0v) is 12.7. The second-order valence-corrected chi connectivity index (χ2v) is 5.29. The molecule has 0 aromatic heterocycles. The Hall–Kier alpha value is -1.31. The fourth-order valence-corrected chi connectivity index (χ4v) is 2.20. The standard InChI is InChI=1S/C18H28O2/c1-2-3-4-5-6-7-8-9-10-11-12-14-17-15-13-16-18(19)20-17/h7-8,10-12,14,17H,2-6,9,13,15-16H2,1H3. The van der Waals surface area contributed by atoms with Crippen molar-refractivity contribution >= 4 is 5.97 Å². The number of esters is 1. The number of hydrogen-bond acceptors (Lipinski definition) is 2. The molecule has 1 fully saturated rings. The van der Waals surface area contributed by atoms with Crippen LogP contribution in [0, 0.1) is 0 Å². The summed E-state index contributed by atoms with van der Waals surface area (Å²) in [5.41, 5.74) is 0. The van der Waals surface area contributed by atoms with Crippen molar-refractivity contribution < 1.29 is 9.53 Å². The summed E-state index contributed by atoms with van der Waals surface area (Å²) in [6.45, 7) is 2.24. The molecule has 0 spiro atoms. The SMILES string of the molecule is CCCCCCC=CCC=CC=CC1CCCC(=O)O1. The molecule has 1 aliphatic rings. The minimum Gasteiger partial charge on any atom is -0.458 e. The van der Waals surface area contributed by atoms with Gasteiger partial charge in [-0.3, -0.25) is 4.79 Å². The van der Waals surface area contributed by atoms with E-state index in [1.807, 2.05) is 18.2 Å². The Bertz CT molecular complexity index is 339. The smallest absolute Gasteiger partial charge is 0.306 e. The summed E-state index contributed by atoms with van der Waals surface area (Å²) in [5.74, 6) is -0.0686. The number of hydrogen-bond donors (Lipinski definition) is 0. The minimum absolute atomic E-state index is 0.0185. The highest BCUT2D eigenvalue weighted by Gasteiger charge is 2.16. The lowest BCUT2D eigenvalue weighted by molar-refractivity contribution is -0.150. The van der Waals surface area contributed by atoms with Gasteiger partial charge in [-0.1, -0.05) is 56.6 Å². The number of ether oxygens (including phenoxy) is 1. The van der Waals surface area contributed by atoms with Crippen LogP contribution < -0.4 is 0 Å². The van der Waals surface area contributed by atoms with E-state index in [2.05, 4.69) is 25.2 Å². The van der Waals surface area contributed by atoms with Crippen molar-refractivity contribution in [2.24, 2.45) is 0 Å². The molecule has 2 nitrogen and oxygen atoms in total. The molecule has 0 aromatic carbocycles. The van der Waals surface area contributed by atoms with Gasteiger partial charge < -0.3 is 4.74 Å². The molecule has 0 N–H and O–H groups in total. The molecule has 1 heterocycles. The highest BCUT2D eigenvalue weighted by molar-refractivity contribution is 5.70. The first kappa shape index (κ1) is 16.7. The summed E-state index contributed by atoms with van der Waals surface area (Å²) in [4.78, 5) is 11.1. The lowest BCUT2D eigenvalue weighted by atomic mass is 10.1. The summed E-state index contributed by atoms with van der Waals surface area (Å²) in [6, 6.07) is 0. The molecule has 0 aromatic rings. The zero-order chi connectivity index (χ0) is 14.5. The van der Waals surface area contributed by atoms with Gasteiger partial charge in [-0.15, -0.1) is 0 Å². The van der Waals surface area contributed by atoms with E-state index in [9.17, 15) is 4.79 Å². The molecule has 112 valence electrons. The van der Waals surface area contributed by atoms with Gasteiger partial charge in [0.2, 0.25) is 0 Å². The van der Waals surface area contributed by atoms with Crippen molar-refractivity contribution in [1.82, 2.24) is 0 Å². The Labute approximate surface area is 123 Å². The van der Waals surface area contributed by atoms with Crippen LogP contribution in [0.15, 0.2) is 36.5 Å². The number of carbonyl (C=O) groups is 1. The number of allylic oxidation sites excluding steroid dienone is 5. The van der Waals surface area contributed by atoms with E-state index in [1.54, 1.807) is 0 Å². The summed E-state index contributed by atoms with van der Waals surface area (Å²) in [7, 11) is 0. The number of rotatable bonds is 9. The van der Waals surface area contributed by atoms with Crippen LogP contribution in [0.4, 0.5) is 0 Å². The molecule has 0 aliphatic carbocycles. The van der Waals surface area contributed by atoms with Gasteiger partial charge in [0.15, 0.2) is 0 Å². The predicted molar refractivity (Wildman–Crippen MR) is 84.5 cm³/mol. The van der Waals surface area contributed by atoms with E-state index < -0.39 is 0 Å². The predicted octanol–water partition coefficient (Wildman–Crippen LogP) is 5.11. The van der Waals surface area contributed by atoms with E-state index in [4.69, 9.17) is 4.74 Å². The summed E-state index contributed by atoms with van der Waals surface area (Å²) in [5, 5.41) is 0. The maximum absolute atomic E-state index is 11.1. The zero-order valence-electron chi connectivity index (χ0n) is 12.7. The van der Waals surface area contributed by atoms with E-state index >= 15 is 0 Å². The second-order valence-electron chi connectivity index (χ2n) is 5.29. The highest BCUT2D eigenvalue weighted by Crippen LogP contribution is 2.14. The van der Waals surface area contributed by atoms with Gasteiger partial charge in [0.25, 0.3) is 0 Å². The molecule has 1 unspecified atom stereocenters. The number of carbonyl (C=O) groups excluding carboxylic acids is 1. The third-order valence-corrected chi connectivity index (χ3v) is 3.39. The van der Waals surface area contributed by atoms with Gasteiger partial charge in [-0.2, -0.15) is 0 Å². The van der Waals surface area contributed by atoms with Crippen molar-refractivity contribution in [3.63, 3.8) is 0 Å². The van der Waals surface area contributed by atoms with Crippen LogP contribution in [0.2, 0.25) is 0 Å². The highest BCUT2D eigenvalue weighted by atomic mass is 16.5. The number of unbranched alkanes of at least 4 members (excludes halogenated alkanes) is 4. The Kier molecular flexibility index (Phi) is 9.64. The summed E-state index contributed by atoms with van der Waals surface area (Å²) in [6.07, 6.45) is 22.5. The van der Waals surface area contributed by atoms with Crippen LogP contribution in [0.5, 0.6) is 0 Å². The Morgan fingerprint density at radius 1 is 1.15 bits per heavy atom. The average Bonchev–Trinajstić information content (AvgIpc) is 2.45. The summed E-state index contributed by atoms with van der Waals surface area (Å²) < 4.78 is 5.20. The molecule has 0 amide bonds. The topological polar surface area (TPSA) is 26.3 Å². The van der Waals surface area contributed by atoms with Gasteiger partial charge in [-0.05, 0) is 38.2 Å². The van der Waals surface area contributed by atoms with Crippen molar-refractivity contribution in [2.75, 3.05) is 0 Å². The van der Waals surface area contributed by atoms with Gasteiger partial charge in [-0.25, -0.2) is 0 Å². The summed E-state index contributed by atoms with van der Waals surface area (Å²) >= 11 is 0. The van der Waals surface area contributed by atoms with Gasteiger partial charge in [0, 0.05) is 6.42 Å². The molecule has 1 saturated heterocycles. The largest absolute Gasteiger partial charge is 0.458 e. The monoisotopic (exact) mass is 276 g/mol.